The zero-order valence-corrected chi connectivity index (χ0v) is 9.40. The number of hydrogen-bond donors (Lipinski definition) is 0. The molecule has 7 heteroatoms. The van der Waals surface area contributed by atoms with Crippen molar-refractivity contribution in [2.24, 2.45) is 0 Å². The van der Waals surface area contributed by atoms with Crippen molar-refractivity contribution >= 4 is 22.9 Å². The number of rotatable bonds is 2. The summed E-state index contributed by atoms with van der Waals surface area (Å²) in [6.07, 6.45) is -4.52. The number of aromatic nitrogens is 2. The molecular formula is C9H6ClF3N2S. The van der Waals surface area contributed by atoms with Gasteiger partial charge in [-0.3, -0.25) is 0 Å². The van der Waals surface area contributed by atoms with Crippen molar-refractivity contribution in [1.29, 1.82) is 0 Å². The molecule has 2 nitrogen and oxygen atoms in total. The Morgan fingerprint density at radius 1 is 1.44 bits per heavy atom. The summed E-state index contributed by atoms with van der Waals surface area (Å²) in [7, 11) is 0. The summed E-state index contributed by atoms with van der Waals surface area (Å²) in [4.78, 5) is 0.515. The van der Waals surface area contributed by atoms with E-state index in [-0.39, 0.29) is 21.9 Å². The fourth-order valence-electron chi connectivity index (χ4n) is 1.29. The highest BCUT2D eigenvalue weighted by atomic mass is 35.5. The molecule has 2 aromatic heterocycles. The van der Waals surface area contributed by atoms with Gasteiger partial charge in [0.15, 0.2) is 0 Å². The standard InChI is InChI=1S/C9H6ClF3N2S/c10-5-6-4-7(8-2-1-3-16-8)15(14-6)9(11,12)13/h1-4H,5H2. The summed E-state index contributed by atoms with van der Waals surface area (Å²) >= 11 is 6.71. The van der Waals surface area contributed by atoms with Gasteiger partial charge in [0.05, 0.1) is 22.1 Å². The van der Waals surface area contributed by atoms with Crippen LogP contribution in [0.5, 0.6) is 0 Å². The molecule has 2 rings (SSSR count). The Hall–Kier alpha value is -1.01. The maximum atomic E-state index is 12.7. The smallest absolute Gasteiger partial charge is 0.170 e. The summed E-state index contributed by atoms with van der Waals surface area (Å²) < 4.78 is 38.0. The predicted molar refractivity (Wildman–Crippen MR) is 56.4 cm³/mol. The molecule has 0 aliphatic heterocycles. The SMILES string of the molecule is FC(F)(F)n1nc(CCl)cc1-c1cccs1. The van der Waals surface area contributed by atoms with Gasteiger partial charge in [-0.15, -0.1) is 36.1 Å². The van der Waals surface area contributed by atoms with Crippen molar-refractivity contribution in [2.45, 2.75) is 12.2 Å². The first-order valence-electron chi connectivity index (χ1n) is 4.28. The molecule has 0 aliphatic carbocycles. The van der Waals surface area contributed by atoms with Crippen molar-refractivity contribution in [3.63, 3.8) is 0 Å². The molecule has 2 heterocycles. The summed E-state index contributed by atoms with van der Waals surface area (Å²) in [6.45, 7) is 0. The van der Waals surface area contributed by atoms with E-state index in [9.17, 15) is 13.2 Å². The van der Waals surface area contributed by atoms with Crippen molar-refractivity contribution in [1.82, 2.24) is 9.78 Å². The first kappa shape index (κ1) is 11.5. The van der Waals surface area contributed by atoms with Gasteiger partial charge >= 0.3 is 6.30 Å². The third kappa shape index (κ3) is 2.08. The average Bonchev–Trinajstić information content (AvgIpc) is 2.85. The van der Waals surface area contributed by atoms with Gasteiger partial charge in [0, 0.05) is 0 Å². The van der Waals surface area contributed by atoms with Crippen LogP contribution in [0.15, 0.2) is 23.6 Å². The molecule has 2 aromatic rings. The highest BCUT2D eigenvalue weighted by Gasteiger charge is 2.35. The van der Waals surface area contributed by atoms with Gasteiger partial charge in [-0.2, -0.15) is 9.78 Å². The van der Waals surface area contributed by atoms with Crippen LogP contribution in [0.3, 0.4) is 0 Å². The van der Waals surface area contributed by atoms with Gasteiger partial charge in [-0.05, 0) is 17.5 Å². The van der Waals surface area contributed by atoms with E-state index in [2.05, 4.69) is 5.10 Å². The summed E-state index contributed by atoms with van der Waals surface area (Å²) in [5.74, 6) is -0.0402. The fraction of sp³-hybridized carbons (Fsp3) is 0.222. The van der Waals surface area contributed by atoms with Gasteiger partial charge < -0.3 is 0 Å². The molecule has 0 saturated carbocycles. The van der Waals surface area contributed by atoms with Crippen LogP contribution in [-0.2, 0) is 12.2 Å². The molecule has 0 unspecified atom stereocenters. The molecule has 0 bridgehead atoms. The highest BCUT2D eigenvalue weighted by Crippen LogP contribution is 2.32. The molecule has 0 N–H and O–H groups in total. The molecule has 0 aliphatic rings. The van der Waals surface area contributed by atoms with Crippen molar-refractivity contribution in [3.8, 4) is 10.6 Å². The zero-order valence-electron chi connectivity index (χ0n) is 7.83. The van der Waals surface area contributed by atoms with E-state index in [1.165, 1.54) is 17.4 Å². The Morgan fingerprint density at radius 3 is 2.69 bits per heavy atom. The molecule has 0 spiro atoms. The lowest BCUT2D eigenvalue weighted by Crippen LogP contribution is -2.19. The lowest BCUT2D eigenvalue weighted by Gasteiger charge is -2.08. The zero-order chi connectivity index (χ0) is 11.8. The summed E-state index contributed by atoms with van der Waals surface area (Å²) in [5, 5.41) is 5.13. The number of thiophene rings is 1. The van der Waals surface area contributed by atoms with E-state index in [1.54, 1.807) is 17.5 Å². The van der Waals surface area contributed by atoms with Crippen LogP contribution in [0, 0.1) is 0 Å². The second kappa shape index (κ2) is 4.10. The molecule has 0 radical (unpaired) electrons. The Morgan fingerprint density at radius 2 is 2.19 bits per heavy atom. The second-order valence-corrected chi connectivity index (χ2v) is 4.23. The van der Waals surface area contributed by atoms with Crippen LogP contribution in [-0.4, -0.2) is 9.78 Å². The minimum Gasteiger partial charge on any atom is -0.170 e. The third-order valence-electron chi connectivity index (χ3n) is 1.91. The topological polar surface area (TPSA) is 17.8 Å². The molecule has 0 amide bonds. The van der Waals surface area contributed by atoms with E-state index < -0.39 is 6.30 Å². The van der Waals surface area contributed by atoms with Crippen LogP contribution in [0.2, 0.25) is 0 Å². The lowest BCUT2D eigenvalue weighted by molar-refractivity contribution is -0.211. The molecule has 0 aromatic carbocycles. The van der Waals surface area contributed by atoms with Crippen LogP contribution in [0.25, 0.3) is 10.6 Å². The monoisotopic (exact) mass is 266 g/mol. The summed E-state index contributed by atoms with van der Waals surface area (Å²) in [5.41, 5.74) is 0.237. The molecule has 86 valence electrons. The Labute approximate surface area is 98.3 Å². The molecule has 0 atom stereocenters. The first-order chi connectivity index (χ1) is 7.52. The fourth-order valence-corrected chi connectivity index (χ4v) is 2.15. The number of nitrogens with zero attached hydrogens (tertiary/aromatic N) is 2. The maximum Gasteiger partial charge on any atom is 0.505 e. The number of alkyl halides is 4. The Kier molecular flexibility index (Phi) is 2.94. The number of hydrogen-bond acceptors (Lipinski definition) is 2. The second-order valence-electron chi connectivity index (χ2n) is 3.01. The Bertz CT molecular complexity index is 475. The van der Waals surface area contributed by atoms with Crippen LogP contribution in [0.4, 0.5) is 13.2 Å². The van der Waals surface area contributed by atoms with E-state index in [1.807, 2.05) is 0 Å². The van der Waals surface area contributed by atoms with E-state index >= 15 is 0 Å². The largest absolute Gasteiger partial charge is 0.505 e. The van der Waals surface area contributed by atoms with Gasteiger partial charge in [-0.1, -0.05) is 6.07 Å². The van der Waals surface area contributed by atoms with Crippen LogP contribution < -0.4 is 0 Å². The van der Waals surface area contributed by atoms with Gasteiger partial charge in [0.2, 0.25) is 0 Å². The van der Waals surface area contributed by atoms with Crippen LogP contribution in [0.1, 0.15) is 5.69 Å². The molecular weight excluding hydrogens is 261 g/mol. The van der Waals surface area contributed by atoms with E-state index in [0.29, 0.717) is 4.88 Å². The maximum absolute atomic E-state index is 12.7. The van der Waals surface area contributed by atoms with E-state index in [4.69, 9.17) is 11.6 Å². The molecule has 0 fully saturated rings. The van der Waals surface area contributed by atoms with Crippen molar-refractivity contribution < 1.29 is 13.2 Å². The first-order valence-corrected chi connectivity index (χ1v) is 5.70. The molecule has 0 saturated heterocycles. The van der Waals surface area contributed by atoms with Gasteiger partial charge in [0.25, 0.3) is 0 Å². The van der Waals surface area contributed by atoms with E-state index in [0.717, 1.165) is 0 Å². The number of halogens is 4. The summed E-state index contributed by atoms with van der Waals surface area (Å²) in [6, 6.07) is 4.66. The van der Waals surface area contributed by atoms with Gasteiger partial charge in [-0.25, -0.2) is 0 Å². The normalized spacial score (nSPS) is 12.0. The quantitative estimate of drug-likeness (QED) is 0.756. The molecule has 16 heavy (non-hydrogen) atoms. The lowest BCUT2D eigenvalue weighted by atomic mass is 10.3. The van der Waals surface area contributed by atoms with Crippen LogP contribution >= 0.6 is 22.9 Å². The van der Waals surface area contributed by atoms with Crippen molar-refractivity contribution in [2.75, 3.05) is 0 Å². The minimum atomic E-state index is -4.52. The average molecular weight is 267 g/mol. The Balaban J connectivity index is 2.55. The third-order valence-corrected chi connectivity index (χ3v) is 3.08. The van der Waals surface area contributed by atoms with Crippen molar-refractivity contribution in [3.05, 3.63) is 29.3 Å². The van der Waals surface area contributed by atoms with Gasteiger partial charge in [0.1, 0.15) is 0 Å². The predicted octanol–water partition coefficient (Wildman–Crippen LogP) is 3.83. The minimum absolute atomic E-state index is 0.0261. The highest BCUT2D eigenvalue weighted by molar-refractivity contribution is 7.13.